The van der Waals surface area contributed by atoms with Crippen LogP contribution in [0.15, 0.2) is 79.1 Å². The van der Waals surface area contributed by atoms with Crippen molar-refractivity contribution in [3.8, 4) is 11.1 Å². The molecule has 1 amide bonds. The number of carbonyl (C=O) groups is 2. The van der Waals surface area contributed by atoms with Crippen LogP contribution >= 0.6 is 0 Å². The van der Waals surface area contributed by atoms with Crippen molar-refractivity contribution in [3.63, 3.8) is 0 Å². The molecule has 9 nitrogen and oxygen atoms in total. The monoisotopic (exact) mass is 546 g/mol. The van der Waals surface area contributed by atoms with E-state index in [0.29, 0.717) is 35.2 Å². The minimum atomic E-state index is -1.05. The van der Waals surface area contributed by atoms with E-state index in [-0.39, 0.29) is 23.2 Å². The number of pyridine rings is 1. The molecule has 0 saturated heterocycles. The number of aromatic nitrogens is 3. The van der Waals surface area contributed by atoms with Gasteiger partial charge in [-0.25, -0.2) is 4.79 Å². The maximum Gasteiger partial charge on any atom is 0.336 e. The molecule has 1 atom stereocenters. The van der Waals surface area contributed by atoms with Gasteiger partial charge in [0.25, 0.3) is 5.91 Å². The zero-order chi connectivity index (χ0) is 29.1. The fourth-order valence-corrected chi connectivity index (χ4v) is 5.13. The molecule has 0 spiro atoms. The smallest absolute Gasteiger partial charge is 0.336 e. The number of nitrogen functional groups attached to an aromatic ring is 1. The van der Waals surface area contributed by atoms with Crippen LogP contribution in [0.1, 0.15) is 67.9 Å². The highest BCUT2D eigenvalue weighted by Crippen LogP contribution is 2.39. The molecular weight excluding hydrogens is 516 g/mol. The molecule has 0 bridgehead atoms. The number of hydrogen-bond acceptors (Lipinski definition) is 5. The summed E-state index contributed by atoms with van der Waals surface area (Å²) in [6.45, 7) is 4.20. The quantitative estimate of drug-likeness (QED) is 0.123. The summed E-state index contributed by atoms with van der Waals surface area (Å²) in [4.78, 5) is 29.6. The normalized spacial score (nSPS) is 11.8. The Kier molecular flexibility index (Phi) is 7.60. The van der Waals surface area contributed by atoms with Crippen LogP contribution in [0.3, 0.4) is 0 Å². The first-order valence-electron chi connectivity index (χ1n) is 13.2. The first-order valence-corrected chi connectivity index (χ1v) is 13.2. The maximum absolute atomic E-state index is 13.2. The number of aryl methyl sites for hydroxylation is 1. The predicted octanol–water partition coefficient (Wildman–Crippen LogP) is 5.39. The van der Waals surface area contributed by atoms with Crippen molar-refractivity contribution in [2.75, 3.05) is 0 Å². The van der Waals surface area contributed by atoms with E-state index < -0.39 is 5.97 Å². The van der Waals surface area contributed by atoms with Crippen molar-refractivity contribution in [2.24, 2.45) is 5.73 Å². The van der Waals surface area contributed by atoms with Gasteiger partial charge >= 0.3 is 5.97 Å². The van der Waals surface area contributed by atoms with E-state index in [1.807, 2.05) is 44.2 Å². The second-order valence-electron chi connectivity index (χ2n) is 9.94. The standard InChI is InChI=1S/C32H30N6O3/c1-3-22(29-25-11-7-20(30(33)34)15-28(25)37-38-29)23-10-8-21(31(39)36-17-19-5-4-12-35-16-19)14-26(23)24-9-6-18(2)13-27(24)32(40)41/h4-16,22H,3,17H2,1-2H3,(H3,33,34)(H,36,39)(H,37,38)(H,40,41). The van der Waals surface area contributed by atoms with Gasteiger partial charge in [0, 0.05) is 41.4 Å². The molecule has 0 aliphatic rings. The largest absolute Gasteiger partial charge is 0.478 e. The highest BCUT2D eigenvalue weighted by Gasteiger charge is 2.25. The van der Waals surface area contributed by atoms with Gasteiger partial charge in [0.05, 0.1) is 16.8 Å². The molecule has 0 fully saturated rings. The van der Waals surface area contributed by atoms with Gasteiger partial charge in [-0.2, -0.15) is 5.10 Å². The lowest BCUT2D eigenvalue weighted by molar-refractivity contribution is 0.0697. The molecule has 0 aliphatic carbocycles. The van der Waals surface area contributed by atoms with Gasteiger partial charge in [-0.1, -0.05) is 48.9 Å². The van der Waals surface area contributed by atoms with Gasteiger partial charge in [0.2, 0.25) is 0 Å². The fourth-order valence-electron chi connectivity index (χ4n) is 5.13. The summed E-state index contributed by atoms with van der Waals surface area (Å²) in [5.74, 6) is -1.57. The third-order valence-corrected chi connectivity index (χ3v) is 7.20. The average Bonchev–Trinajstić information content (AvgIpc) is 3.40. The summed E-state index contributed by atoms with van der Waals surface area (Å²) in [7, 11) is 0. The molecule has 2 aromatic heterocycles. The predicted molar refractivity (Wildman–Crippen MR) is 158 cm³/mol. The first-order chi connectivity index (χ1) is 19.8. The number of nitrogens with one attached hydrogen (secondary N) is 3. The third-order valence-electron chi connectivity index (χ3n) is 7.20. The van der Waals surface area contributed by atoms with E-state index >= 15 is 0 Å². The second-order valence-corrected chi connectivity index (χ2v) is 9.94. The minimum absolute atomic E-state index is 0.0321. The van der Waals surface area contributed by atoms with Crippen LogP contribution < -0.4 is 11.1 Å². The number of rotatable bonds is 9. The van der Waals surface area contributed by atoms with Crippen LogP contribution in [0.4, 0.5) is 0 Å². The molecule has 41 heavy (non-hydrogen) atoms. The van der Waals surface area contributed by atoms with Crippen molar-refractivity contribution in [1.29, 1.82) is 5.41 Å². The topological polar surface area (TPSA) is 158 Å². The van der Waals surface area contributed by atoms with Gasteiger partial charge in [-0.15, -0.1) is 0 Å². The number of carboxylic acids is 1. The van der Waals surface area contributed by atoms with Crippen molar-refractivity contribution < 1.29 is 14.7 Å². The van der Waals surface area contributed by atoms with Crippen LogP contribution in [-0.4, -0.2) is 38.0 Å². The molecule has 2 heterocycles. The summed E-state index contributed by atoms with van der Waals surface area (Å²) < 4.78 is 0. The Morgan fingerprint density at radius 2 is 1.85 bits per heavy atom. The van der Waals surface area contributed by atoms with Crippen LogP contribution in [0, 0.1) is 12.3 Å². The van der Waals surface area contributed by atoms with E-state index in [1.165, 1.54) is 0 Å². The Bertz CT molecular complexity index is 1780. The zero-order valence-electron chi connectivity index (χ0n) is 22.7. The summed E-state index contributed by atoms with van der Waals surface area (Å²) in [5, 5.41) is 29.4. The molecule has 1 unspecified atom stereocenters. The molecule has 9 heteroatoms. The molecule has 0 radical (unpaired) electrons. The lowest BCUT2D eigenvalue weighted by Gasteiger charge is -2.21. The van der Waals surface area contributed by atoms with Gasteiger partial charge in [-0.3, -0.25) is 20.3 Å². The van der Waals surface area contributed by atoms with Gasteiger partial charge in [0.15, 0.2) is 0 Å². The summed E-state index contributed by atoms with van der Waals surface area (Å²) in [6.07, 6.45) is 4.04. The van der Waals surface area contributed by atoms with Crippen molar-refractivity contribution >= 4 is 28.6 Å². The van der Waals surface area contributed by atoms with E-state index in [4.69, 9.17) is 11.1 Å². The van der Waals surface area contributed by atoms with E-state index in [1.54, 1.807) is 48.8 Å². The molecule has 5 aromatic rings. The van der Waals surface area contributed by atoms with Crippen molar-refractivity contribution in [2.45, 2.75) is 32.7 Å². The number of aromatic amines is 1. The number of nitrogens with two attached hydrogens (primary N) is 1. The van der Waals surface area contributed by atoms with Crippen molar-refractivity contribution in [1.82, 2.24) is 20.5 Å². The number of amidine groups is 1. The summed E-state index contributed by atoms with van der Waals surface area (Å²) in [6, 6.07) is 19.9. The molecule has 3 aromatic carbocycles. The molecule has 5 rings (SSSR count). The Morgan fingerprint density at radius 3 is 2.56 bits per heavy atom. The number of aromatic carboxylic acids is 1. The first kappa shape index (κ1) is 27.3. The fraction of sp³-hybridized carbons (Fsp3) is 0.156. The highest BCUT2D eigenvalue weighted by molar-refractivity contribution is 6.01. The van der Waals surface area contributed by atoms with Gasteiger partial charge in [-0.05, 0) is 65.9 Å². The minimum Gasteiger partial charge on any atom is -0.478 e. The summed E-state index contributed by atoms with van der Waals surface area (Å²) in [5.41, 5.74) is 12.1. The number of carboxylic acid groups (broad SMARTS) is 1. The molecule has 6 N–H and O–H groups in total. The van der Waals surface area contributed by atoms with Crippen LogP contribution in [0.2, 0.25) is 0 Å². The van der Waals surface area contributed by atoms with E-state index in [2.05, 4.69) is 20.5 Å². The number of carbonyl (C=O) groups excluding carboxylic acids is 1. The second kappa shape index (κ2) is 11.4. The zero-order valence-corrected chi connectivity index (χ0v) is 22.7. The lowest BCUT2D eigenvalue weighted by Crippen LogP contribution is -2.23. The SMILES string of the molecule is CCC(c1ccc(C(=O)NCc2cccnc2)cc1-c1ccc(C)cc1C(=O)O)c1n[nH]c2cc(C(=N)N)ccc12. The Balaban J connectivity index is 1.63. The van der Waals surface area contributed by atoms with Crippen LogP contribution in [-0.2, 0) is 6.54 Å². The average molecular weight is 547 g/mol. The third kappa shape index (κ3) is 5.56. The summed E-state index contributed by atoms with van der Waals surface area (Å²) >= 11 is 0. The Morgan fingerprint density at radius 1 is 1.05 bits per heavy atom. The van der Waals surface area contributed by atoms with E-state index in [0.717, 1.165) is 33.3 Å². The van der Waals surface area contributed by atoms with Crippen LogP contribution in [0.5, 0.6) is 0 Å². The number of hydrogen-bond donors (Lipinski definition) is 5. The van der Waals surface area contributed by atoms with Gasteiger partial charge < -0.3 is 16.2 Å². The lowest BCUT2D eigenvalue weighted by atomic mass is 9.83. The van der Waals surface area contributed by atoms with Gasteiger partial charge in [0.1, 0.15) is 5.84 Å². The number of H-pyrrole nitrogens is 1. The highest BCUT2D eigenvalue weighted by atomic mass is 16.4. The number of amides is 1. The number of nitrogens with zero attached hydrogens (tertiary/aromatic N) is 2. The molecule has 206 valence electrons. The van der Waals surface area contributed by atoms with Crippen LogP contribution in [0.25, 0.3) is 22.0 Å². The van der Waals surface area contributed by atoms with Crippen molar-refractivity contribution in [3.05, 3.63) is 118 Å². The van der Waals surface area contributed by atoms with E-state index in [9.17, 15) is 14.7 Å². The number of benzene rings is 3. The number of fused-ring (bicyclic) bond motifs is 1. The molecule has 0 saturated carbocycles. The Labute approximate surface area is 237 Å². The maximum atomic E-state index is 13.2. The molecular formula is C32H30N6O3. The Hall–Kier alpha value is -5.31. The molecule has 0 aliphatic heterocycles.